The molecule has 0 aliphatic rings. The summed E-state index contributed by atoms with van der Waals surface area (Å²) in [5, 5.41) is 12.3. The fraction of sp³-hybridized carbons (Fsp3) is 0.917. The van der Waals surface area contributed by atoms with Crippen molar-refractivity contribution in [2.24, 2.45) is 17.1 Å². The Kier molecular flexibility index (Phi) is 5.97. The lowest BCUT2D eigenvalue weighted by Crippen LogP contribution is -2.50. The molecule has 0 spiro atoms. The molecule has 0 heterocycles. The van der Waals surface area contributed by atoms with Gasteiger partial charge in [0.25, 0.3) is 0 Å². The first-order valence-corrected chi connectivity index (χ1v) is 5.86. The van der Waals surface area contributed by atoms with Crippen molar-refractivity contribution in [3.63, 3.8) is 0 Å². The molecule has 2 atom stereocenters. The molecule has 0 aromatic carbocycles. The minimum atomic E-state index is -0.543. The molecule has 96 valence electrons. The predicted octanol–water partition coefficient (Wildman–Crippen LogP) is 0.883. The smallest absolute Gasteiger partial charge is 0.237 e. The van der Waals surface area contributed by atoms with Crippen molar-refractivity contribution >= 4 is 5.91 Å². The molecule has 0 aliphatic carbocycles. The molecule has 0 aliphatic heterocycles. The Balaban J connectivity index is 3.99. The highest BCUT2D eigenvalue weighted by Gasteiger charge is 2.27. The number of hydrogen-bond donors (Lipinski definition) is 3. The van der Waals surface area contributed by atoms with E-state index < -0.39 is 12.1 Å². The maximum atomic E-state index is 11.6. The summed E-state index contributed by atoms with van der Waals surface area (Å²) in [5.74, 6) is 0.221. The maximum Gasteiger partial charge on any atom is 0.237 e. The summed E-state index contributed by atoms with van der Waals surface area (Å²) in [7, 11) is 0. The third kappa shape index (κ3) is 6.08. The van der Waals surface area contributed by atoms with Crippen molar-refractivity contribution < 1.29 is 9.90 Å². The van der Waals surface area contributed by atoms with Crippen LogP contribution in [0.5, 0.6) is 0 Å². The molecular formula is C12H26N2O2. The standard InChI is InChI=1S/C12H26N2O2/c1-8(2)6-9(15)7-14-11(16)10(13)12(3,4)5/h8-10,15H,6-7,13H2,1-5H3,(H,14,16)/t9?,10-/m0/s1. The molecule has 0 aromatic heterocycles. The van der Waals surface area contributed by atoms with Gasteiger partial charge < -0.3 is 16.2 Å². The fourth-order valence-corrected chi connectivity index (χ4v) is 1.35. The zero-order chi connectivity index (χ0) is 12.9. The molecule has 0 saturated carbocycles. The highest BCUT2D eigenvalue weighted by molar-refractivity contribution is 5.82. The van der Waals surface area contributed by atoms with Crippen LogP contribution in [0.2, 0.25) is 0 Å². The Morgan fingerprint density at radius 3 is 2.25 bits per heavy atom. The van der Waals surface area contributed by atoms with Crippen LogP contribution < -0.4 is 11.1 Å². The summed E-state index contributed by atoms with van der Waals surface area (Å²) >= 11 is 0. The van der Waals surface area contributed by atoms with Gasteiger partial charge in [0.05, 0.1) is 12.1 Å². The quantitative estimate of drug-likeness (QED) is 0.656. The number of rotatable bonds is 5. The Morgan fingerprint density at radius 1 is 1.38 bits per heavy atom. The summed E-state index contributed by atoms with van der Waals surface area (Å²) in [6.45, 7) is 10.1. The summed E-state index contributed by atoms with van der Waals surface area (Å²) < 4.78 is 0. The summed E-state index contributed by atoms with van der Waals surface area (Å²) in [6, 6.07) is -0.543. The molecule has 0 rings (SSSR count). The molecule has 4 N–H and O–H groups in total. The van der Waals surface area contributed by atoms with Crippen LogP contribution in [0.15, 0.2) is 0 Å². The van der Waals surface area contributed by atoms with E-state index in [0.29, 0.717) is 12.3 Å². The molecule has 0 radical (unpaired) electrons. The Morgan fingerprint density at radius 2 is 1.88 bits per heavy atom. The third-order valence-corrected chi connectivity index (χ3v) is 2.47. The van der Waals surface area contributed by atoms with Gasteiger partial charge in [0.15, 0.2) is 0 Å². The van der Waals surface area contributed by atoms with Crippen molar-refractivity contribution in [2.45, 2.75) is 53.2 Å². The monoisotopic (exact) mass is 230 g/mol. The van der Waals surface area contributed by atoms with E-state index in [-0.39, 0.29) is 17.9 Å². The Labute approximate surface area is 98.6 Å². The van der Waals surface area contributed by atoms with Gasteiger partial charge in [-0.15, -0.1) is 0 Å². The molecule has 1 unspecified atom stereocenters. The van der Waals surface area contributed by atoms with Crippen molar-refractivity contribution in [3.05, 3.63) is 0 Å². The molecule has 1 amide bonds. The number of hydrogen-bond acceptors (Lipinski definition) is 3. The molecule has 16 heavy (non-hydrogen) atoms. The molecule has 4 nitrogen and oxygen atoms in total. The highest BCUT2D eigenvalue weighted by Crippen LogP contribution is 2.17. The van der Waals surface area contributed by atoms with Gasteiger partial charge >= 0.3 is 0 Å². The second kappa shape index (κ2) is 6.21. The predicted molar refractivity (Wildman–Crippen MR) is 65.9 cm³/mol. The van der Waals surface area contributed by atoms with Crippen LogP contribution >= 0.6 is 0 Å². The van der Waals surface area contributed by atoms with E-state index in [2.05, 4.69) is 5.32 Å². The number of carbonyl (C=O) groups excluding carboxylic acids is 1. The number of carbonyl (C=O) groups is 1. The first-order valence-electron chi connectivity index (χ1n) is 5.86. The largest absolute Gasteiger partial charge is 0.391 e. The lowest BCUT2D eigenvalue weighted by molar-refractivity contribution is -0.125. The average molecular weight is 230 g/mol. The second-order valence-corrected chi connectivity index (χ2v) is 5.87. The molecular weight excluding hydrogens is 204 g/mol. The van der Waals surface area contributed by atoms with Crippen LogP contribution in [0.1, 0.15) is 41.0 Å². The Hall–Kier alpha value is -0.610. The van der Waals surface area contributed by atoms with Crippen LogP contribution in [0, 0.1) is 11.3 Å². The zero-order valence-electron chi connectivity index (χ0n) is 11.1. The second-order valence-electron chi connectivity index (χ2n) is 5.87. The van der Waals surface area contributed by atoms with Crippen LogP contribution in [0.25, 0.3) is 0 Å². The molecule has 0 saturated heterocycles. The van der Waals surface area contributed by atoms with Crippen molar-refractivity contribution in [1.82, 2.24) is 5.32 Å². The van der Waals surface area contributed by atoms with E-state index in [0.717, 1.165) is 0 Å². The average Bonchev–Trinajstić information content (AvgIpc) is 2.10. The van der Waals surface area contributed by atoms with Crippen molar-refractivity contribution in [1.29, 1.82) is 0 Å². The zero-order valence-corrected chi connectivity index (χ0v) is 11.1. The van der Waals surface area contributed by atoms with E-state index in [1.807, 2.05) is 34.6 Å². The van der Waals surface area contributed by atoms with Crippen LogP contribution in [0.3, 0.4) is 0 Å². The van der Waals surface area contributed by atoms with Crippen LogP contribution in [-0.4, -0.2) is 29.7 Å². The van der Waals surface area contributed by atoms with E-state index in [1.54, 1.807) is 0 Å². The highest BCUT2D eigenvalue weighted by atomic mass is 16.3. The van der Waals surface area contributed by atoms with E-state index in [9.17, 15) is 9.90 Å². The molecule has 0 aromatic rings. The summed E-state index contributed by atoms with van der Waals surface area (Å²) in [6.07, 6.45) is 0.196. The normalized spacial score (nSPS) is 16.0. The van der Waals surface area contributed by atoms with Gasteiger partial charge in [0.2, 0.25) is 5.91 Å². The van der Waals surface area contributed by atoms with Gasteiger partial charge in [-0.2, -0.15) is 0 Å². The van der Waals surface area contributed by atoms with Crippen LogP contribution in [0.4, 0.5) is 0 Å². The van der Waals surface area contributed by atoms with Gasteiger partial charge in [-0.3, -0.25) is 4.79 Å². The van der Waals surface area contributed by atoms with Gasteiger partial charge in [-0.25, -0.2) is 0 Å². The first kappa shape index (κ1) is 15.4. The number of amides is 1. The van der Waals surface area contributed by atoms with Gasteiger partial charge in [0, 0.05) is 6.54 Å². The summed E-state index contributed by atoms with van der Waals surface area (Å²) in [5.41, 5.74) is 5.53. The molecule has 0 fully saturated rings. The van der Waals surface area contributed by atoms with E-state index >= 15 is 0 Å². The van der Waals surface area contributed by atoms with E-state index in [4.69, 9.17) is 5.73 Å². The minimum absolute atomic E-state index is 0.199. The third-order valence-electron chi connectivity index (χ3n) is 2.47. The van der Waals surface area contributed by atoms with E-state index in [1.165, 1.54) is 0 Å². The lowest BCUT2D eigenvalue weighted by Gasteiger charge is -2.26. The molecule has 0 bridgehead atoms. The topological polar surface area (TPSA) is 75.3 Å². The number of nitrogens with one attached hydrogen (secondary N) is 1. The SMILES string of the molecule is CC(C)CC(O)CNC(=O)[C@H](N)C(C)(C)C. The molecule has 4 heteroatoms. The summed E-state index contributed by atoms with van der Waals surface area (Å²) in [4.78, 5) is 11.6. The minimum Gasteiger partial charge on any atom is -0.391 e. The maximum absolute atomic E-state index is 11.6. The lowest BCUT2D eigenvalue weighted by atomic mass is 9.87. The van der Waals surface area contributed by atoms with Gasteiger partial charge in [-0.1, -0.05) is 34.6 Å². The first-order chi connectivity index (χ1) is 7.14. The van der Waals surface area contributed by atoms with Gasteiger partial charge in [-0.05, 0) is 17.8 Å². The van der Waals surface area contributed by atoms with Crippen molar-refractivity contribution in [2.75, 3.05) is 6.54 Å². The number of aliphatic hydroxyl groups excluding tert-OH is 1. The fourth-order valence-electron chi connectivity index (χ4n) is 1.35. The van der Waals surface area contributed by atoms with Gasteiger partial charge in [0.1, 0.15) is 0 Å². The number of aliphatic hydroxyl groups is 1. The number of nitrogens with two attached hydrogens (primary N) is 1. The Bertz CT molecular complexity index is 222. The van der Waals surface area contributed by atoms with Crippen LogP contribution in [-0.2, 0) is 4.79 Å². The van der Waals surface area contributed by atoms with Crippen molar-refractivity contribution in [3.8, 4) is 0 Å².